The molecular weight excluding hydrogens is 382 g/mol. The Morgan fingerprint density at radius 3 is 2.86 bits per heavy atom. The number of pyridine rings is 1. The SMILES string of the molecule is CCNC(=NCc1cccnc1N1CCOCC1)N1CCSC2(CCCCC2)C1. The van der Waals surface area contributed by atoms with Gasteiger partial charge in [-0.25, -0.2) is 9.98 Å². The Morgan fingerprint density at radius 2 is 2.07 bits per heavy atom. The normalized spacial score (nSPS) is 22.7. The van der Waals surface area contributed by atoms with Gasteiger partial charge in [-0.3, -0.25) is 0 Å². The van der Waals surface area contributed by atoms with E-state index in [0.717, 1.165) is 57.7 Å². The van der Waals surface area contributed by atoms with Crippen molar-refractivity contribution in [2.45, 2.75) is 50.3 Å². The van der Waals surface area contributed by atoms with Crippen LogP contribution in [-0.4, -0.2) is 72.3 Å². The number of guanidine groups is 1. The van der Waals surface area contributed by atoms with Crippen LogP contribution in [0.3, 0.4) is 0 Å². The maximum absolute atomic E-state index is 5.51. The molecule has 160 valence electrons. The van der Waals surface area contributed by atoms with Crippen LogP contribution in [0.25, 0.3) is 0 Å². The van der Waals surface area contributed by atoms with Crippen LogP contribution >= 0.6 is 11.8 Å². The van der Waals surface area contributed by atoms with Crippen LogP contribution in [0.15, 0.2) is 23.3 Å². The monoisotopic (exact) mass is 417 g/mol. The first-order valence-corrected chi connectivity index (χ1v) is 12.2. The van der Waals surface area contributed by atoms with Crippen molar-refractivity contribution >= 4 is 23.5 Å². The molecule has 4 rings (SSSR count). The van der Waals surface area contributed by atoms with Crippen LogP contribution in [-0.2, 0) is 11.3 Å². The molecule has 0 radical (unpaired) electrons. The van der Waals surface area contributed by atoms with E-state index < -0.39 is 0 Å². The first kappa shape index (κ1) is 20.8. The predicted octanol–water partition coefficient (Wildman–Crippen LogP) is 3.14. The fourth-order valence-corrected chi connectivity index (χ4v) is 6.29. The average Bonchev–Trinajstić information content (AvgIpc) is 2.78. The highest BCUT2D eigenvalue weighted by Crippen LogP contribution is 2.42. The highest BCUT2D eigenvalue weighted by molar-refractivity contribution is 8.00. The second-order valence-electron chi connectivity index (χ2n) is 8.27. The molecule has 0 aromatic carbocycles. The van der Waals surface area contributed by atoms with E-state index in [1.807, 2.05) is 12.3 Å². The van der Waals surface area contributed by atoms with E-state index in [9.17, 15) is 0 Å². The van der Waals surface area contributed by atoms with Gasteiger partial charge in [-0.15, -0.1) is 0 Å². The van der Waals surface area contributed by atoms with Crippen molar-refractivity contribution in [3.63, 3.8) is 0 Å². The van der Waals surface area contributed by atoms with Gasteiger partial charge in [0, 0.05) is 55.0 Å². The zero-order valence-corrected chi connectivity index (χ0v) is 18.6. The van der Waals surface area contributed by atoms with E-state index in [-0.39, 0.29) is 0 Å². The summed E-state index contributed by atoms with van der Waals surface area (Å²) in [5.41, 5.74) is 1.20. The van der Waals surface area contributed by atoms with Crippen LogP contribution in [0.4, 0.5) is 5.82 Å². The Hall–Kier alpha value is -1.47. The molecule has 3 heterocycles. The summed E-state index contributed by atoms with van der Waals surface area (Å²) in [6.45, 7) is 9.30. The average molecular weight is 418 g/mol. The number of aromatic nitrogens is 1. The maximum Gasteiger partial charge on any atom is 0.194 e. The molecule has 2 aliphatic heterocycles. The van der Waals surface area contributed by atoms with Crippen LogP contribution in [0.2, 0.25) is 0 Å². The minimum Gasteiger partial charge on any atom is -0.378 e. The molecule has 29 heavy (non-hydrogen) atoms. The number of hydrogen-bond acceptors (Lipinski definition) is 5. The molecule has 1 aromatic heterocycles. The summed E-state index contributed by atoms with van der Waals surface area (Å²) in [6, 6.07) is 4.19. The lowest BCUT2D eigenvalue weighted by Crippen LogP contribution is -2.53. The number of hydrogen-bond donors (Lipinski definition) is 1. The van der Waals surface area contributed by atoms with Gasteiger partial charge in [0.25, 0.3) is 0 Å². The van der Waals surface area contributed by atoms with Gasteiger partial charge in [-0.2, -0.15) is 11.8 Å². The van der Waals surface area contributed by atoms with Crippen LogP contribution in [0.5, 0.6) is 0 Å². The van der Waals surface area contributed by atoms with Crippen molar-refractivity contribution in [3.8, 4) is 0 Å². The number of ether oxygens (including phenoxy) is 1. The molecule has 6 nitrogen and oxygen atoms in total. The van der Waals surface area contributed by atoms with Crippen molar-refractivity contribution in [2.75, 3.05) is 56.6 Å². The van der Waals surface area contributed by atoms with Crippen molar-refractivity contribution < 1.29 is 4.74 Å². The Bertz CT molecular complexity index is 680. The van der Waals surface area contributed by atoms with Gasteiger partial charge in [0.05, 0.1) is 19.8 Å². The van der Waals surface area contributed by atoms with Gasteiger partial charge in [-0.1, -0.05) is 25.3 Å². The third kappa shape index (κ3) is 5.18. The van der Waals surface area contributed by atoms with Crippen molar-refractivity contribution in [1.29, 1.82) is 0 Å². The summed E-state index contributed by atoms with van der Waals surface area (Å²) in [5, 5.41) is 3.56. The molecule has 1 spiro atoms. The van der Waals surface area contributed by atoms with E-state index in [4.69, 9.17) is 9.73 Å². The third-order valence-corrected chi connectivity index (χ3v) is 7.76. The quantitative estimate of drug-likeness (QED) is 0.600. The molecule has 0 unspecified atom stereocenters. The largest absolute Gasteiger partial charge is 0.378 e. The Kier molecular flexibility index (Phi) is 7.19. The van der Waals surface area contributed by atoms with Crippen molar-refractivity contribution in [2.24, 2.45) is 4.99 Å². The number of nitrogens with zero attached hydrogens (tertiary/aromatic N) is 4. The lowest BCUT2D eigenvalue weighted by molar-refractivity contribution is 0.122. The van der Waals surface area contributed by atoms with E-state index in [1.165, 1.54) is 43.4 Å². The van der Waals surface area contributed by atoms with Gasteiger partial charge in [0.1, 0.15) is 5.82 Å². The van der Waals surface area contributed by atoms with E-state index in [2.05, 4.69) is 44.9 Å². The maximum atomic E-state index is 5.51. The van der Waals surface area contributed by atoms with E-state index in [0.29, 0.717) is 11.3 Å². The summed E-state index contributed by atoms with van der Waals surface area (Å²) in [7, 11) is 0. The van der Waals surface area contributed by atoms with Crippen molar-refractivity contribution in [1.82, 2.24) is 15.2 Å². The number of thioether (sulfide) groups is 1. The molecule has 0 atom stereocenters. The standard InChI is InChI=1S/C22H35N5OS/c1-2-23-21(27-13-16-29-22(18-27)8-4-3-5-9-22)25-17-19-7-6-10-24-20(19)26-11-14-28-15-12-26/h6-7,10H,2-5,8-9,11-18H2,1H3,(H,23,25). The zero-order chi connectivity index (χ0) is 19.9. The summed E-state index contributed by atoms with van der Waals surface area (Å²) in [4.78, 5) is 14.6. The summed E-state index contributed by atoms with van der Waals surface area (Å²) in [5.74, 6) is 3.33. The molecule has 2 saturated heterocycles. The smallest absolute Gasteiger partial charge is 0.194 e. The van der Waals surface area contributed by atoms with Crippen LogP contribution < -0.4 is 10.2 Å². The number of nitrogens with one attached hydrogen (secondary N) is 1. The molecule has 3 aliphatic rings. The first-order chi connectivity index (χ1) is 14.3. The van der Waals surface area contributed by atoms with Crippen LogP contribution in [0.1, 0.15) is 44.6 Å². The molecule has 1 aromatic rings. The minimum atomic E-state index is 0.444. The van der Waals surface area contributed by atoms with E-state index in [1.54, 1.807) is 0 Å². The predicted molar refractivity (Wildman–Crippen MR) is 122 cm³/mol. The number of anilines is 1. The Balaban J connectivity index is 1.49. The van der Waals surface area contributed by atoms with Gasteiger partial charge < -0.3 is 19.9 Å². The van der Waals surface area contributed by atoms with Gasteiger partial charge in [0.15, 0.2) is 5.96 Å². The summed E-state index contributed by atoms with van der Waals surface area (Å²) >= 11 is 2.21. The minimum absolute atomic E-state index is 0.444. The van der Waals surface area contributed by atoms with Crippen LogP contribution in [0, 0.1) is 0 Å². The second kappa shape index (κ2) is 10.0. The fourth-order valence-electron chi connectivity index (χ4n) is 4.72. The molecular formula is C22H35N5OS. The highest BCUT2D eigenvalue weighted by atomic mass is 32.2. The highest BCUT2D eigenvalue weighted by Gasteiger charge is 2.38. The molecule has 7 heteroatoms. The molecule has 0 bridgehead atoms. The number of morpholine rings is 1. The molecule has 1 N–H and O–H groups in total. The molecule has 3 fully saturated rings. The Labute approximate surface area is 179 Å². The van der Waals surface area contributed by atoms with Gasteiger partial charge in [-0.05, 0) is 25.8 Å². The lowest BCUT2D eigenvalue weighted by Gasteiger charge is -2.45. The zero-order valence-electron chi connectivity index (χ0n) is 17.7. The topological polar surface area (TPSA) is 53.0 Å². The third-order valence-electron chi connectivity index (χ3n) is 6.22. The van der Waals surface area contributed by atoms with E-state index >= 15 is 0 Å². The number of rotatable bonds is 4. The summed E-state index contributed by atoms with van der Waals surface area (Å²) in [6.07, 6.45) is 8.77. The molecule has 1 saturated carbocycles. The second-order valence-corrected chi connectivity index (χ2v) is 9.83. The lowest BCUT2D eigenvalue weighted by atomic mass is 9.87. The van der Waals surface area contributed by atoms with Gasteiger partial charge >= 0.3 is 0 Å². The van der Waals surface area contributed by atoms with Crippen molar-refractivity contribution in [3.05, 3.63) is 23.9 Å². The molecule has 0 amide bonds. The number of aliphatic imine (C=N–C) groups is 1. The van der Waals surface area contributed by atoms with Gasteiger partial charge in [0.2, 0.25) is 0 Å². The first-order valence-electron chi connectivity index (χ1n) is 11.2. The fraction of sp³-hybridized carbons (Fsp3) is 0.727. The Morgan fingerprint density at radius 1 is 1.24 bits per heavy atom. The molecule has 1 aliphatic carbocycles. The summed E-state index contributed by atoms with van der Waals surface area (Å²) < 4.78 is 5.95.